The number of hydrogen-bond acceptors (Lipinski definition) is 6. The maximum atomic E-state index is 12.8. The number of alkyl halides is 2. The van der Waals surface area contributed by atoms with E-state index in [9.17, 15) is 22.0 Å². The highest BCUT2D eigenvalue weighted by Gasteiger charge is 2.26. The molecule has 0 unspecified atom stereocenters. The van der Waals surface area contributed by atoms with Gasteiger partial charge in [0, 0.05) is 16.8 Å². The van der Waals surface area contributed by atoms with Crippen molar-refractivity contribution in [3.63, 3.8) is 0 Å². The van der Waals surface area contributed by atoms with Crippen LogP contribution in [0.1, 0.15) is 16.9 Å². The van der Waals surface area contributed by atoms with Crippen LogP contribution in [0.2, 0.25) is 0 Å². The van der Waals surface area contributed by atoms with E-state index in [2.05, 4.69) is 4.98 Å². The Morgan fingerprint density at radius 2 is 1.93 bits per heavy atom. The van der Waals surface area contributed by atoms with E-state index < -0.39 is 20.5 Å². The Morgan fingerprint density at radius 3 is 2.59 bits per heavy atom. The molecule has 0 N–H and O–H groups in total. The number of benzene rings is 1. The first kappa shape index (κ1) is 18.6. The van der Waals surface area contributed by atoms with E-state index in [0.29, 0.717) is 20.3 Å². The van der Waals surface area contributed by atoms with Crippen molar-refractivity contribution in [1.29, 1.82) is 0 Å². The summed E-state index contributed by atoms with van der Waals surface area (Å²) in [4.78, 5) is 19.5. The molecule has 0 radical (unpaired) electrons. The van der Waals surface area contributed by atoms with Crippen molar-refractivity contribution < 1.29 is 17.2 Å². The monoisotopic (exact) mass is 428 g/mol. The predicted octanol–water partition coefficient (Wildman–Crippen LogP) is 3.63. The Balaban J connectivity index is 1.70. The largest absolute Gasteiger partial charge is 0.341 e. The minimum absolute atomic E-state index is 0.0983. The van der Waals surface area contributed by atoms with Crippen LogP contribution < -0.4 is 5.56 Å². The molecule has 2 aromatic heterocycles. The van der Waals surface area contributed by atoms with Gasteiger partial charge < -0.3 is 0 Å². The summed E-state index contributed by atoms with van der Waals surface area (Å²) < 4.78 is 49.7. The van der Waals surface area contributed by atoms with Crippen molar-refractivity contribution in [3.8, 4) is 0 Å². The van der Waals surface area contributed by atoms with Gasteiger partial charge in [-0.15, -0.1) is 11.3 Å². The van der Waals surface area contributed by atoms with Gasteiger partial charge in [-0.25, -0.2) is 13.4 Å². The molecule has 1 aliphatic rings. The summed E-state index contributed by atoms with van der Waals surface area (Å²) in [5.41, 5.74) is 1.01. The zero-order valence-corrected chi connectivity index (χ0v) is 16.6. The van der Waals surface area contributed by atoms with Crippen molar-refractivity contribution in [1.82, 2.24) is 9.55 Å². The lowest BCUT2D eigenvalue weighted by molar-refractivity contribution is 0.234. The summed E-state index contributed by atoms with van der Waals surface area (Å²) in [5, 5.41) is 1.16. The summed E-state index contributed by atoms with van der Waals surface area (Å²) >= 11 is 2.73. The smallest absolute Gasteiger partial charge is 0.290 e. The normalized spacial score (nSPS) is 14.2. The van der Waals surface area contributed by atoms with Crippen molar-refractivity contribution in [2.24, 2.45) is 7.05 Å². The average molecular weight is 429 g/mol. The fraction of sp³-hybridized carbons (Fsp3) is 0.294. The lowest BCUT2D eigenvalue weighted by Gasteiger charge is -2.08. The lowest BCUT2D eigenvalue weighted by atomic mass is 10.2. The quantitative estimate of drug-likeness (QED) is 0.594. The van der Waals surface area contributed by atoms with Gasteiger partial charge in [0.15, 0.2) is 5.16 Å². The van der Waals surface area contributed by atoms with Crippen LogP contribution in [-0.4, -0.2) is 23.7 Å². The average Bonchev–Trinajstić information content (AvgIpc) is 3.20. The van der Waals surface area contributed by atoms with Crippen LogP contribution in [0.25, 0.3) is 10.2 Å². The third-order valence-corrected chi connectivity index (χ3v) is 8.14. The third-order valence-electron chi connectivity index (χ3n) is 4.50. The molecule has 3 aromatic rings. The van der Waals surface area contributed by atoms with Gasteiger partial charge in [0.2, 0.25) is 9.84 Å². The molecule has 0 spiro atoms. The van der Waals surface area contributed by atoms with E-state index in [-0.39, 0.29) is 5.56 Å². The van der Waals surface area contributed by atoms with E-state index in [1.54, 1.807) is 18.4 Å². The highest BCUT2D eigenvalue weighted by molar-refractivity contribution is 7.99. The van der Waals surface area contributed by atoms with Crippen molar-refractivity contribution in [2.45, 2.75) is 40.0 Å². The third kappa shape index (κ3) is 3.09. The Labute approximate surface area is 162 Å². The molecule has 0 aliphatic heterocycles. The summed E-state index contributed by atoms with van der Waals surface area (Å²) in [6.07, 6.45) is 2.94. The molecule has 27 heavy (non-hydrogen) atoms. The molecule has 1 aromatic carbocycles. The summed E-state index contributed by atoms with van der Waals surface area (Å²) in [7, 11) is -2.98. The van der Waals surface area contributed by atoms with Crippen LogP contribution in [0.3, 0.4) is 0 Å². The van der Waals surface area contributed by atoms with Gasteiger partial charge in [0.1, 0.15) is 4.83 Å². The Bertz CT molecular complexity index is 1200. The number of sulfone groups is 1. The van der Waals surface area contributed by atoms with Crippen LogP contribution in [0.5, 0.6) is 0 Å². The van der Waals surface area contributed by atoms with Crippen LogP contribution in [0.4, 0.5) is 8.78 Å². The Hall–Kier alpha value is -1.78. The fourth-order valence-corrected chi connectivity index (χ4v) is 5.97. The van der Waals surface area contributed by atoms with Gasteiger partial charge in [0.25, 0.3) is 5.56 Å². The first-order valence-corrected chi connectivity index (χ1v) is 11.3. The fourth-order valence-electron chi connectivity index (χ4n) is 3.10. The molecule has 0 atom stereocenters. The predicted molar refractivity (Wildman–Crippen MR) is 101 cm³/mol. The zero-order chi connectivity index (χ0) is 19.3. The van der Waals surface area contributed by atoms with Crippen LogP contribution >= 0.6 is 23.1 Å². The standard InChI is InChI=1S/C17H14F2N2O3S3/c1-21-15(22)13-11-3-2-4-12(11)26-14(13)20-17(21)25-9-5-7-10(8-6-9)27(23,24)16(18)19/h5-8,16H,2-4H2,1H3. The molecule has 142 valence electrons. The van der Waals surface area contributed by atoms with Crippen LogP contribution in [-0.2, 0) is 29.7 Å². The first-order valence-electron chi connectivity index (χ1n) is 8.10. The number of hydrogen-bond donors (Lipinski definition) is 0. The van der Waals surface area contributed by atoms with E-state index >= 15 is 0 Å². The summed E-state index contributed by atoms with van der Waals surface area (Å²) in [6.45, 7) is 0. The van der Waals surface area contributed by atoms with Gasteiger partial charge in [-0.2, -0.15) is 8.78 Å². The molecule has 0 saturated carbocycles. The van der Waals surface area contributed by atoms with Gasteiger partial charge in [-0.3, -0.25) is 9.36 Å². The molecule has 0 amide bonds. The second kappa shape index (κ2) is 6.68. The van der Waals surface area contributed by atoms with Crippen molar-refractivity contribution in [2.75, 3.05) is 0 Å². The SMILES string of the molecule is Cn1c(Sc2ccc(S(=O)(=O)C(F)F)cc2)nc2sc3c(c2c1=O)CCC3. The molecule has 1 aliphatic carbocycles. The lowest BCUT2D eigenvalue weighted by Crippen LogP contribution is -2.20. The molecule has 2 heterocycles. The van der Waals surface area contributed by atoms with E-state index in [4.69, 9.17) is 0 Å². The number of fused-ring (bicyclic) bond motifs is 3. The molecule has 5 nitrogen and oxygen atoms in total. The molecule has 4 rings (SSSR count). The van der Waals surface area contributed by atoms with Crippen LogP contribution in [0, 0.1) is 0 Å². The van der Waals surface area contributed by atoms with Crippen molar-refractivity contribution in [3.05, 3.63) is 45.1 Å². The van der Waals surface area contributed by atoms with E-state index in [1.165, 1.54) is 33.3 Å². The van der Waals surface area contributed by atoms with Gasteiger partial charge >= 0.3 is 5.76 Å². The minimum atomic E-state index is -4.62. The topological polar surface area (TPSA) is 69.0 Å². The summed E-state index contributed by atoms with van der Waals surface area (Å²) in [5.74, 6) is -3.46. The molecular weight excluding hydrogens is 414 g/mol. The maximum Gasteiger partial charge on any atom is 0.341 e. The molecule has 10 heteroatoms. The molecule has 0 fully saturated rings. The van der Waals surface area contributed by atoms with Gasteiger partial charge in [-0.1, -0.05) is 11.8 Å². The van der Waals surface area contributed by atoms with Gasteiger partial charge in [-0.05, 0) is 49.1 Å². The second-order valence-electron chi connectivity index (χ2n) is 6.18. The number of aromatic nitrogens is 2. The maximum absolute atomic E-state index is 12.8. The molecule has 0 bridgehead atoms. The molecular formula is C17H14F2N2O3S3. The number of thiophene rings is 1. The zero-order valence-electron chi connectivity index (χ0n) is 14.1. The second-order valence-corrected chi connectivity index (χ2v) is 10.2. The number of aryl methyl sites for hydroxylation is 2. The van der Waals surface area contributed by atoms with E-state index in [0.717, 1.165) is 37.0 Å². The molecule has 0 saturated heterocycles. The van der Waals surface area contributed by atoms with E-state index in [1.807, 2.05) is 0 Å². The van der Waals surface area contributed by atoms with Crippen molar-refractivity contribution >= 4 is 43.2 Å². The Morgan fingerprint density at radius 1 is 1.22 bits per heavy atom. The number of nitrogens with zero attached hydrogens (tertiary/aromatic N) is 2. The highest BCUT2D eigenvalue weighted by Crippen LogP contribution is 2.36. The number of halogens is 2. The first-order chi connectivity index (χ1) is 12.8. The number of rotatable bonds is 4. The highest BCUT2D eigenvalue weighted by atomic mass is 32.2. The van der Waals surface area contributed by atoms with Crippen LogP contribution in [0.15, 0.2) is 44.0 Å². The Kier molecular flexibility index (Phi) is 4.59. The summed E-state index contributed by atoms with van der Waals surface area (Å²) in [6, 6.07) is 5.15. The minimum Gasteiger partial charge on any atom is -0.290 e. The van der Waals surface area contributed by atoms with Gasteiger partial charge in [0.05, 0.1) is 10.3 Å².